The summed E-state index contributed by atoms with van der Waals surface area (Å²) >= 11 is 0. The van der Waals surface area contributed by atoms with E-state index in [-0.39, 0.29) is 63.2 Å². The van der Waals surface area contributed by atoms with Crippen LogP contribution in [-0.2, 0) is 43.4 Å². The highest BCUT2D eigenvalue weighted by atomic mass is 16.6. The van der Waals surface area contributed by atoms with Crippen LogP contribution in [0.1, 0.15) is 72.3 Å². The lowest BCUT2D eigenvalue weighted by Crippen LogP contribution is -2.32. The average Bonchev–Trinajstić information content (AvgIpc) is 3.05. The number of amidine groups is 1. The highest BCUT2D eigenvalue weighted by molar-refractivity contribution is 6.09. The molecule has 0 saturated carbocycles. The molecule has 0 aliphatic rings. The standard InChI is InChI=1S/C36H44N4O9/c1-6-46-33(43)14-12-29-27(18-25(21-41)19-32(29)49-22(2)3)20-38-31-13-7-23(4)17-30(31)35(44)39-28-10-8-26(9-11-28)34(37)40-36(45)48-16-15-47-24(5)42/h7-11,13,17-19,22,38,41H,6,12,14-16,20-21H2,1-5H3,(H,39,44)(H2,37,40,45). The molecule has 49 heavy (non-hydrogen) atoms. The number of amides is 2. The summed E-state index contributed by atoms with van der Waals surface area (Å²) < 4.78 is 20.8. The summed E-state index contributed by atoms with van der Waals surface area (Å²) in [4.78, 5) is 48.4. The quantitative estimate of drug-likeness (QED) is 0.0441. The van der Waals surface area contributed by atoms with Gasteiger partial charge in [-0.15, -0.1) is 0 Å². The molecular formula is C36H44N4O9. The molecule has 0 saturated heterocycles. The number of rotatable bonds is 16. The number of hydrogen-bond acceptors (Lipinski definition) is 11. The number of carbonyl (C=O) groups excluding carboxylic acids is 4. The third-order valence-electron chi connectivity index (χ3n) is 6.96. The number of carbonyl (C=O) groups is 4. The maximum atomic E-state index is 13.5. The van der Waals surface area contributed by atoms with E-state index in [2.05, 4.69) is 16.0 Å². The third kappa shape index (κ3) is 12.3. The average molecular weight is 677 g/mol. The molecule has 0 aliphatic carbocycles. The predicted molar refractivity (Wildman–Crippen MR) is 184 cm³/mol. The molecule has 3 aromatic carbocycles. The van der Waals surface area contributed by atoms with Gasteiger partial charge in [0.15, 0.2) is 0 Å². The Labute approximate surface area is 285 Å². The van der Waals surface area contributed by atoms with Crippen LogP contribution in [0.25, 0.3) is 0 Å². The number of hydrogen-bond donors (Lipinski definition) is 5. The van der Waals surface area contributed by atoms with Crippen LogP contribution < -0.4 is 20.7 Å². The lowest BCUT2D eigenvalue weighted by Gasteiger charge is -2.20. The molecule has 0 atom stereocenters. The van der Waals surface area contributed by atoms with Crippen LogP contribution in [-0.4, -0.2) is 60.8 Å². The van der Waals surface area contributed by atoms with Crippen molar-refractivity contribution < 1.29 is 43.2 Å². The smallest absolute Gasteiger partial charge is 0.412 e. The highest BCUT2D eigenvalue weighted by Crippen LogP contribution is 2.30. The fraction of sp³-hybridized carbons (Fsp3) is 0.361. The summed E-state index contributed by atoms with van der Waals surface area (Å²) in [7, 11) is 0. The van der Waals surface area contributed by atoms with Crippen molar-refractivity contribution in [2.75, 3.05) is 30.5 Å². The maximum absolute atomic E-state index is 13.5. The molecule has 2 amide bonds. The molecule has 262 valence electrons. The van der Waals surface area contributed by atoms with E-state index in [1.807, 2.05) is 39.0 Å². The van der Waals surface area contributed by atoms with E-state index in [1.165, 1.54) is 6.92 Å². The number of alkyl carbamates (subject to hydrolysis) is 1. The maximum Gasteiger partial charge on any atom is 0.412 e. The van der Waals surface area contributed by atoms with Gasteiger partial charge in [0.1, 0.15) is 24.8 Å². The summed E-state index contributed by atoms with van der Waals surface area (Å²) in [6.45, 7) is 8.79. The lowest BCUT2D eigenvalue weighted by molar-refractivity contribution is -0.143. The minimum absolute atomic E-state index is 0.0914. The van der Waals surface area contributed by atoms with Crippen molar-refractivity contribution in [3.63, 3.8) is 0 Å². The number of esters is 2. The minimum Gasteiger partial charge on any atom is -0.491 e. The monoisotopic (exact) mass is 676 g/mol. The Bertz CT molecular complexity index is 1640. The summed E-state index contributed by atoms with van der Waals surface area (Å²) in [6.07, 6.45) is -0.486. The molecular weight excluding hydrogens is 632 g/mol. The van der Waals surface area contributed by atoms with E-state index in [4.69, 9.17) is 24.4 Å². The zero-order valence-corrected chi connectivity index (χ0v) is 28.4. The van der Waals surface area contributed by atoms with Crippen molar-refractivity contribution in [1.29, 1.82) is 5.41 Å². The molecule has 0 radical (unpaired) electrons. The number of aliphatic hydroxyl groups is 1. The Morgan fingerprint density at radius 1 is 0.939 bits per heavy atom. The normalized spacial score (nSPS) is 10.6. The third-order valence-corrected chi connectivity index (χ3v) is 6.96. The molecule has 5 N–H and O–H groups in total. The Morgan fingerprint density at radius 3 is 2.31 bits per heavy atom. The molecule has 0 aromatic heterocycles. The van der Waals surface area contributed by atoms with Crippen molar-refractivity contribution in [2.45, 2.75) is 66.7 Å². The number of nitrogens with one attached hydrogen (secondary N) is 4. The molecule has 13 heteroatoms. The second-order valence-electron chi connectivity index (χ2n) is 11.3. The van der Waals surface area contributed by atoms with Crippen molar-refractivity contribution in [1.82, 2.24) is 5.32 Å². The summed E-state index contributed by atoms with van der Waals surface area (Å²) in [5.74, 6) is -0.828. The molecule has 3 rings (SSSR count). The fourth-order valence-corrected chi connectivity index (χ4v) is 4.76. The van der Waals surface area contributed by atoms with E-state index >= 15 is 0 Å². The van der Waals surface area contributed by atoms with Crippen LogP contribution in [0.15, 0.2) is 54.6 Å². The molecule has 0 spiro atoms. The molecule has 0 heterocycles. The van der Waals surface area contributed by atoms with Gasteiger partial charge in [0.2, 0.25) is 0 Å². The van der Waals surface area contributed by atoms with Crippen LogP contribution in [0.3, 0.4) is 0 Å². The lowest BCUT2D eigenvalue weighted by atomic mass is 9.98. The number of ether oxygens (including phenoxy) is 4. The predicted octanol–water partition coefficient (Wildman–Crippen LogP) is 5.25. The van der Waals surface area contributed by atoms with E-state index in [9.17, 15) is 24.3 Å². The molecule has 13 nitrogen and oxygen atoms in total. The van der Waals surface area contributed by atoms with Gasteiger partial charge in [-0.3, -0.25) is 25.1 Å². The molecule has 0 aliphatic heterocycles. The summed E-state index contributed by atoms with van der Waals surface area (Å²) in [5.41, 5.74) is 4.92. The Kier molecular flexibility index (Phi) is 14.6. The van der Waals surface area contributed by atoms with E-state index in [1.54, 1.807) is 43.3 Å². The van der Waals surface area contributed by atoms with E-state index < -0.39 is 12.1 Å². The number of aliphatic hydroxyl groups excluding tert-OH is 1. The van der Waals surface area contributed by atoms with Crippen LogP contribution >= 0.6 is 0 Å². The molecule has 0 unspecified atom stereocenters. The first-order chi connectivity index (χ1) is 23.4. The van der Waals surface area contributed by atoms with Crippen LogP contribution in [0.4, 0.5) is 16.2 Å². The zero-order valence-electron chi connectivity index (χ0n) is 28.4. The van der Waals surface area contributed by atoms with Gasteiger partial charge in [0.05, 0.1) is 24.9 Å². The first-order valence-electron chi connectivity index (χ1n) is 15.9. The van der Waals surface area contributed by atoms with Gasteiger partial charge in [-0.05, 0) is 93.3 Å². The largest absolute Gasteiger partial charge is 0.491 e. The van der Waals surface area contributed by atoms with Crippen LogP contribution in [0.5, 0.6) is 5.75 Å². The van der Waals surface area contributed by atoms with Crippen LogP contribution in [0.2, 0.25) is 0 Å². The van der Waals surface area contributed by atoms with E-state index in [0.29, 0.717) is 40.2 Å². The first kappa shape index (κ1) is 38.0. The first-order valence-corrected chi connectivity index (χ1v) is 15.9. The molecule has 0 bridgehead atoms. The van der Waals surface area contributed by atoms with Crippen molar-refractivity contribution in [2.24, 2.45) is 0 Å². The van der Waals surface area contributed by atoms with E-state index in [0.717, 1.165) is 16.7 Å². The Morgan fingerprint density at radius 2 is 1.65 bits per heavy atom. The molecule has 0 fully saturated rings. The molecule has 3 aromatic rings. The van der Waals surface area contributed by atoms with Crippen molar-refractivity contribution in [3.05, 3.63) is 88.0 Å². The highest BCUT2D eigenvalue weighted by Gasteiger charge is 2.18. The van der Waals surface area contributed by atoms with Gasteiger partial charge in [0.25, 0.3) is 5.91 Å². The van der Waals surface area contributed by atoms with Gasteiger partial charge in [-0.1, -0.05) is 17.7 Å². The minimum atomic E-state index is -0.869. The Balaban J connectivity index is 1.74. The summed E-state index contributed by atoms with van der Waals surface area (Å²) in [5, 5.41) is 26.6. The van der Waals surface area contributed by atoms with Gasteiger partial charge in [-0.2, -0.15) is 0 Å². The second kappa shape index (κ2) is 18.8. The number of benzene rings is 3. The topological polar surface area (TPSA) is 185 Å². The second-order valence-corrected chi connectivity index (χ2v) is 11.3. The number of aryl methyl sites for hydroxylation is 1. The Hall–Kier alpha value is -5.43. The van der Waals surface area contributed by atoms with Gasteiger partial charge in [0, 0.05) is 36.8 Å². The van der Waals surface area contributed by atoms with Gasteiger partial charge >= 0.3 is 18.0 Å². The number of anilines is 2. The SMILES string of the molecule is CCOC(=O)CCc1c(CNc2ccc(C)cc2C(=O)Nc2ccc(C(=N)NC(=O)OCCOC(C)=O)cc2)cc(CO)cc1OC(C)C. The van der Waals surface area contributed by atoms with Crippen molar-refractivity contribution >= 4 is 41.1 Å². The summed E-state index contributed by atoms with van der Waals surface area (Å²) in [6, 6.07) is 15.4. The van der Waals surface area contributed by atoms with Crippen molar-refractivity contribution in [3.8, 4) is 5.75 Å². The van der Waals surface area contributed by atoms with Crippen LogP contribution in [0, 0.1) is 12.3 Å². The van der Waals surface area contributed by atoms with Gasteiger partial charge in [-0.25, -0.2) is 4.79 Å². The van der Waals surface area contributed by atoms with Gasteiger partial charge < -0.3 is 34.7 Å². The fourth-order valence-electron chi connectivity index (χ4n) is 4.76. The zero-order chi connectivity index (χ0) is 35.9.